The van der Waals surface area contributed by atoms with Crippen LogP contribution in [0, 0.1) is 5.82 Å². The second kappa shape index (κ2) is 8.66. The maximum absolute atomic E-state index is 13.0. The number of carbonyl (C=O) groups is 2. The van der Waals surface area contributed by atoms with E-state index in [1.165, 1.54) is 12.1 Å². The average molecular weight is 370 g/mol. The minimum atomic E-state index is -0.735. The van der Waals surface area contributed by atoms with Gasteiger partial charge in [0.2, 0.25) is 5.91 Å². The lowest BCUT2D eigenvalue weighted by Gasteiger charge is -2.34. The molecule has 0 saturated carbocycles. The number of halogens is 1. The normalized spacial score (nSPS) is 15.6. The zero-order valence-electron chi connectivity index (χ0n) is 15.3. The molecular weight excluding hydrogens is 347 g/mol. The number of aryl methyl sites for hydroxylation is 1. The molecule has 0 aromatic heterocycles. The highest BCUT2D eigenvalue weighted by Gasteiger charge is 2.33. The largest absolute Gasteiger partial charge is 0.477 e. The fourth-order valence-electron chi connectivity index (χ4n) is 3.01. The molecule has 0 unspecified atom stereocenters. The highest BCUT2D eigenvalue weighted by Crippen LogP contribution is 2.33. The molecule has 3 rings (SSSR count). The van der Waals surface area contributed by atoms with Gasteiger partial charge in [0.25, 0.3) is 5.91 Å². The number of ether oxygens (including phenoxy) is 1. The van der Waals surface area contributed by atoms with Gasteiger partial charge in [-0.15, -0.1) is 0 Å². The van der Waals surface area contributed by atoms with Crippen molar-refractivity contribution in [3.05, 3.63) is 59.9 Å². The molecule has 0 saturated heterocycles. The SMILES string of the molecule is CCCNC(=O)[C@H]1CN(C(=O)CCc2ccc(F)cc2)c2ccccc2O1. The van der Waals surface area contributed by atoms with E-state index >= 15 is 0 Å². The highest BCUT2D eigenvalue weighted by molar-refractivity contribution is 5.97. The van der Waals surface area contributed by atoms with Gasteiger partial charge in [0.15, 0.2) is 6.10 Å². The molecule has 0 aliphatic carbocycles. The van der Waals surface area contributed by atoms with E-state index in [1.54, 1.807) is 23.1 Å². The van der Waals surface area contributed by atoms with Gasteiger partial charge in [-0.1, -0.05) is 31.2 Å². The third-order valence-corrected chi connectivity index (χ3v) is 4.46. The maximum Gasteiger partial charge on any atom is 0.262 e. The number of carbonyl (C=O) groups excluding carboxylic acids is 2. The molecule has 2 aromatic carbocycles. The molecule has 0 bridgehead atoms. The number of fused-ring (bicyclic) bond motifs is 1. The molecule has 1 atom stereocenters. The monoisotopic (exact) mass is 370 g/mol. The summed E-state index contributed by atoms with van der Waals surface area (Å²) in [4.78, 5) is 26.8. The number of amides is 2. The van der Waals surface area contributed by atoms with Crippen molar-refractivity contribution >= 4 is 17.5 Å². The predicted octanol–water partition coefficient (Wildman–Crippen LogP) is 3.08. The van der Waals surface area contributed by atoms with Crippen LogP contribution in [0.15, 0.2) is 48.5 Å². The van der Waals surface area contributed by atoms with Crippen LogP contribution in [0.25, 0.3) is 0 Å². The lowest BCUT2D eigenvalue weighted by Crippen LogP contribution is -2.50. The van der Waals surface area contributed by atoms with Crippen molar-refractivity contribution in [2.45, 2.75) is 32.3 Å². The Hall–Kier alpha value is -2.89. The Morgan fingerprint density at radius 3 is 2.67 bits per heavy atom. The smallest absolute Gasteiger partial charge is 0.262 e. The number of benzene rings is 2. The summed E-state index contributed by atoms with van der Waals surface area (Å²) in [5, 5.41) is 2.82. The van der Waals surface area contributed by atoms with Gasteiger partial charge in [0.1, 0.15) is 11.6 Å². The number of anilines is 1. The summed E-state index contributed by atoms with van der Waals surface area (Å²) in [5.74, 6) is -0.0882. The third kappa shape index (κ3) is 4.64. The fraction of sp³-hybridized carbons (Fsp3) is 0.333. The minimum absolute atomic E-state index is 0.0941. The lowest BCUT2D eigenvalue weighted by molar-refractivity contribution is -0.128. The molecular formula is C21H23FN2O3. The van der Waals surface area contributed by atoms with Crippen LogP contribution in [0.4, 0.5) is 10.1 Å². The second-order valence-corrected chi connectivity index (χ2v) is 6.50. The summed E-state index contributed by atoms with van der Waals surface area (Å²) in [5.41, 5.74) is 1.56. The molecule has 2 aromatic rings. The Bertz CT molecular complexity index is 807. The van der Waals surface area contributed by atoms with Gasteiger partial charge >= 0.3 is 0 Å². The molecule has 1 aliphatic rings. The van der Waals surface area contributed by atoms with Gasteiger partial charge in [-0.25, -0.2) is 4.39 Å². The number of hydrogen-bond acceptors (Lipinski definition) is 3. The Kier molecular flexibility index (Phi) is 6.06. The zero-order chi connectivity index (χ0) is 19.2. The van der Waals surface area contributed by atoms with E-state index in [0.29, 0.717) is 24.4 Å². The van der Waals surface area contributed by atoms with Crippen molar-refractivity contribution in [2.75, 3.05) is 18.0 Å². The van der Waals surface area contributed by atoms with Gasteiger partial charge in [-0.05, 0) is 42.7 Å². The van der Waals surface area contributed by atoms with Gasteiger partial charge < -0.3 is 15.0 Å². The standard InChI is InChI=1S/C21H23FN2O3/c1-2-13-23-21(26)19-14-24(17-5-3-4-6-18(17)27-19)20(25)12-9-15-7-10-16(22)11-8-15/h3-8,10-11,19H,2,9,12-14H2,1H3,(H,23,26)/t19-/m1/s1. The van der Waals surface area contributed by atoms with E-state index in [4.69, 9.17) is 4.74 Å². The van der Waals surface area contributed by atoms with Crippen molar-refractivity contribution in [3.63, 3.8) is 0 Å². The van der Waals surface area contributed by atoms with Crippen LogP contribution < -0.4 is 15.0 Å². The van der Waals surface area contributed by atoms with Crippen LogP contribution in [0.5, 0.6) is 5.75 Å². The fourth-order valence-corrected chi connectivity index (χ4v) is 3.01. The topological polar surface area (TPSA) is 58.6 Å². The van der Waals surface area contributed by atoms with E-state index < -0.39 is 6.10 Å². The van der Waals surface area contributed by atoms with E-state index in [2.05, 4.69) is 5.32 Å². The van der Waals surface area contributed by atoms with Crippen LogP contribution in [0.1, 0.15) is 25.3 Å². The molecule has 1 heterocycles. The van der Waals surface area contributed by atoms with E-state index in [-0.39, 0.29) is 30.6 Å². The molecule has 0 radical (unpaired) electrons. The van der Waals surface area contributed by atoms with Crippen molar-refractivity contribution in [1.82, 2.24) is 5.32 Å². The van der Waals surface area contributed by atoms with Crippen molar-refractivity contribution in [1.29, 1.82) is 0 Å². The number of nitrogens with zero attached hydrogens (tertiary/aromatic N) is 1. The van der Waals surface area contributed by atoms with Gasteiger partial charge in [0, 0.05) is 13.0 Å². The van der Waals surface area contributed by atoms with E-state index in [9.17, 15) is 14.0 Å². The average Bonchev–Trinajstić information content (AvgIpc) is 2.70. The molecule has 27 heavy (non-hydrogen) atoms. The van der Waals surface area contributed by atoms with Gasteiger partial charge in [-0.3, -0.25) is 9.59 Å². The van der Waals surface area contributed by atoms with Crippen LogP contribution in [0.2, 0.25) is 0 Å². The number of nitrogens with one attached hydrogen (secondary N) is 1. The number of rotatable bonds is 6. The lowest BCUT2D eigenvalue weighted by atomic mass is 10.1. The molecule has 0 fully saturated rings. The summed E-state index contributed by atoms with van der Waals surface area (Å²) in [7, 11) is 0. The summed E-state index contributed by atoms with van der Waals surface area (Å²) in [6, 6.07) is 13.3. The molecule has 2 amide bonds. The van der Waals surface area contributed by atoms with Crippen LogP contribution >= 0.6 is 0 Å². The Labute approximate surface area is 158 Å². The van der Waals surface area contributed by atoms with Gasteiger partial charge in [-0.2, -0.15) is 0 Å². The summed E-state index contributed by atoms with van der Waals surface area (Å²) in [6.07, 6.45) is 0.866. The maximum atomic E-state index is 13.0. The first kappa shape index (κ1) is 18.9. The predicted molar refractivity (Wildman–Crippen MR) is 101 cm³/mol. The van der Waals surface area contributed by atoms with E-state index in [0.717, 1.165) is 12.0 Å². The molecule has 6 heteroatoms. The van der Waals surface area contributed by atoms with Crippen LogP contribution in [-0.2, 0) is 16.0 Å². The van der Waals surface area contributed by atoms with Crippen molar-refractivity contribution in [3.8, 4) is 5.75 Å². The van der Waals surface area contributed by atoms with Gasteiger partial charge in [0.05, 0.1) is 12.2 Å². The number of para-hydroxylation sites is 2. The van der Waals surface area contributed by atoms with Crippen LogP contribution in [0.3, 0.4) is 0 Å². The quantitative estimate of drug-likeness (QED) is 0.850. The van der Waals surface area contributed by atoms with Crippen molar-refractivity contribution in [2.24, 2.45) is 0 Å². The zero-order valence-corrected chi connectivity index (χ0v) is 15.3. The molecule has 1 N–H and O–H groups in total. The molecule has 1 aliphatic heterocycles. The van der Waals surface area contributed by atoms with Crippen molar-refractivity contribution < 1.29 is 18.7 Å². The Morgan fingerprint density at radius 2 is 1.93 bits per heavy atom. The second-order valence-electron chi connectivity index (χ2n) is 6.50. The minimum Gasteiger partial charge on any atom is -0.477 e. The summed E-state index contributed by atoms with van der Waals surface area (Å²) >= 11 is 0. The van der Waals surface area contributed by atoms with E-state index in [1.807, 2.05) is 25.1 Å². The first-order chi connectivity index (χ1) is 13.1. The molecule has 5 nitrogen and oxygen atoms in total. The summed E-state index contributed by atoms with van der Waals surface area (Å²) < 4.78 is 18.8. The third-order valence-electron chi connectivity index (χ3n) is 4.46. The summed E-state index contributed by atoms with van der Waals surface area (Å²) in [6.45, 7) is 2.72. The molecule has 0 spiro atoms. The number of hydrogen-bond donors (Lipinski definition) is 1. The first-order valence-corrected chi connectivity index (χ1v) is 9.16. The van der Waals surface area contributed by atoms with Crippen LogP contribution in [-0.4, -0.2) is 31.0 Å². The Balaban J connectivity index is 1.72. The highest BCUT2D eigenvalue weighted by atomic mass is 19.1. The first-order valence-electron chi connectivity index (χ1n) is 9.16. The Morgan fingerprint density at radius 1 is 1.19 bits per heavy atom. The molecule has 142 valence electrons.